The standard InChI is InChI=1S/C21H20Cl2N2O2S/c1-13(2)9-10-25-20(27)17-8-7-16(23)11-18(17)24-21(25)28-12-19(26)14-3-5-15(22)6-4-14/h3-8,11,13H,9-10,12H2,1-2H3. The van der Waals surface area contributed by atoms with E-state index >= 15 is 0 Å². The van der Waals surface area contributed by atoms with Crippen molar-refractivity contribution < 1.29 is 4.79 Å². The largest absolute Gasteiger partial charge is 0.293 e. The molecule has 0 aliphatic heterocycles. The average molecular weight is 435 g/mol. The molecule has 0 bridgehead atoms. The van der Waals surface area contributed by atoms with E-state index < -0.39 is 0 Å². The van der Waals surface area contributed by atoms with Crippen LogP contribution in [0.3, 0.4) is 0 Å². The van der Waals surface area contributed by atoms with Gasteiger partial charge in [0.15, 0.2) is 10.9 Å². The van der Waals surface area contributed by atoms with Crippen LogP contribution in [-0.2, 0) is 6.54 Å². The minimum Gasteiger partial charge on any atom is -0.293 e. The smallest absolute Gasteiger partial charge is 0.262 e. The maximum absolute atomic E-state index is 13.0. The minimum atomic E-state index is -0.108. The molecule has 146 valence electrons. The van der Waals surface area contributed by atoms with Crippen molar-refractivity contribution in [1.82, 2.24) is 9.55 Å². The number of rotatable bonds is 7. The van der Waals surface area contributed by atoms with Gasteiger partial charge < -0.3 is 0 Å². The summed E-state index contributed by atoms with van der Waals surface area (Å²) in [5.41, 5.74) is 1.01. The first kappa shape index (κ1) is 20.9. The Hall–Kier alpha value is -1.82. The highest BCUT2D eigenvalue weighted by Crippen LogP contribution is 2.22. The third-order valence-electron chi connectivity index (χ3n) is 4.31. The molecule has 0 aliphatic rings. The Balaban J connectivity index is 1.92. The summed E-state index contributed by atoms with van der Waals surface area (Å²) in [5, 5.41) is 2.16. The van der Waals surface area contributed by atoms with E-state index in [-0.39, 0.29) is 17.1 Å². The topological polar surface area (TPSA) is 52.0 Å². The molecule has 1 aromatic heterocycles. The first-order valence-corrected chi connectivity index (χ1v) is 10.7. The second-order valence-corrected chi connectivity index (χ2v) is 8.73. The summed E-state index contributed by atoms with van der Waals surface area (Å²) in [4.78, 5) is 30.1. The molecule has 3 aromatic rings. The summed E-state index contributed by atoms with van der Waals surface area (Å²) in [5.74, 6) is 0.584. The lowest BCUT2D eigenvalue weighted by Crippen LogP contribution is -2.24. The molecular formula is C21H20Cl2N2O2S. The fourth-order valence-corrected chi connectivity index (χ4v) is 3.93. The third kappa shape index (κ3) is 4.96. The lowest BCUT2D eigenvalue weighted by atomic mass is 10.1. The summed E-state index contributed by atoms with van der Waals surface area (Å²) in [6.07, 6.45) is 0.847. The lowest BCUT2D eigenvalue weighted by Gasteiger charge is -2.14. The number of hydrogen-bond donors (Lipinski definition) is 0. The SMILES string of the molecule is CC(C)CCn1c(SCC(=O)c2ccc(Cl)cc2)nc2cc(Cl)ccc2c1=O. The molecule has 0 amide bonds. The Bertz CT molecular complexity index is 1060. The van der Waals surface area contributed by atoms with E-state index in [0.29, 0.717) is 44.1 Å². The fraction of sp³-hybridized carbons (Fsp3) is 0.286. The summed E-state index contributed by atoms with van der Waals surface area (Å²) in [6, 6.07) is 11.8. The second kappa shape index (κ2) is 9.12. The highest BCUT2D eigenvalue weighted by Gasteiger charge is 2.15. The first-order chi connectivity index (χ1) is 13.3. The zero-order chi connectivity index (χ0) is 20.3. The van der Waals surface area contributed by atoms with Crippen molar-refractivity contribution in [2.24, 2.45) is 5.92 Å². The quantitative estimate of drug-likeness (QED) is 0.270. The van der Waals surface area contributed by atoms with E-state index in [9.17, 15) is 9.59 Å². The molecule has 0 saturated carbocycles. The molecule has 0 fully saturated rings. The molecule has 0 unspecified atom stereocenters. The van der Waals surface area contributed by atoms with Crippen molar-refractivity contribution in [3.8, 4) is 0 Å². The van der Waals surface area contributed by atoms with Gasteiger partial charge in [-0.05, 0) is 54.8 Å². The summed E-state index contributed by atoms with van der Waals surface area (Å²) < 4.78 is 1.66. The van der Waals surface area contributed by atoms with E-state index in [1.807, 2.05) is 0 Å². The van der Waals surface area contributed by atoms with Crippen LogP contribution in [0.2, 0.25) is 10.0 Å². The number of carbonyl (C=O) groups excluding carboxylic acids is 1. The Morgan fingerprint density at radius 2 is 1.79 bits per heavy atom. The van der Waals surface area contributed by atoms with Crippen molar-refractivity contribution in [2.45, 2.75) is 32.0 Å². The van der Waals surface area contributed by atoms with Gasteiger partial charge in [0.1, 0.15) is 0 Å². The molecule has 4 nitrogen and oxygen atoms in total. The van der Waals surface area contributed by atoms with Crippen LogP contribution in [0.15, 0.2) is 52.4 Å². The van der Waals surface area contributed by atoms with Crippen LogP contribution in [-0.4, -0.2) is 21.1 Å². The normalized spacial score (nSPS) is 11.3. The molecule has 0 saturated heterocycles. The second-order valence-electron chi connectivity index (χ2n) is 6.91. The zero-order valence-corrected chi connectivity index (χ0v) is 17.9. The van der Waals surface area contributed by atoms with E-state index in [4.69, 9.17) is 23.2 Å². The minimum absolute atomic E-state index is 0.0440. The summed E-state index contributed by atoms with van der Waals surface area (Å²) in [6.45, 7) is 4.77. The number of hydrogen-bond acceptors (Lipinski definition) is 4. The van der Waals surface area contributed by atoms with Crippen LogP contribution in [0.4, 0.5) is 0 Å². The van der Waals surface area contributed by atoms with Gasteiger partial charge in [0.2, 0.25) is 0 Å². The molecule has 0 radical (unpaired) electrons. The van der Waals surface area contributed by atoms with Crippen LogP contribution in [0.1, 0.15) is 30.6 Å². The van der Waals surface area contributed by atoms with Crippen molar-refractivity contribution in [2.75, 3.05) is 5.75 Å². The van der Waals surface area contributed by atoms with Crippen molar-refractivity contribution in [3.05, 3.63) is 68.4 Å². The number of halogens is 2. The highest BCUT2D eigenvalue weighted by molar-refractivity contribution is 7.99. The maximum atomic E-state index is 13.0. The van der Waals surface area contributed by atoms with Crippen LogP contribution >= 0.6 is 35.0 Å². The number of carbonyl (C=O) groups is 1. The predicted octanol–water partition coefficient (Wildman–Crippen LogP) is 5.72. The van der Waals surface area contributed by atoms with Gasteiger partial charge in [-0.15, -0.1) is 0 Å². The number of benzene rings is 2. The maximum Gasteiger partial charge on any atom is 0.262 e. The van der Waals surface area contributed by atoms with E-state index in [1.54, 1.807) is 47.0 Å². The van der Waals surface area contributed by atoms with Gasteiger partial charge in [0.25, 0.3) is 5.56 Å². The monoisotopic (exact) mass is 434 g/mol. The van der Waals surface area contributed by atoms with Gasteiger partial charge >= 0.3 is 0 Å². The number of Topliss-reactive ketones (excluding diaryl/α,β-unsaturated/α-hetero) is 1. The van der Waals surface area contributed by atoms with Gasteiger partial charge in [0, 0.05) is 22.2 Å². The van der Waals surface area contributed by atoms with Crippen molar-refractivity contribution >= 4 is 51.6 Å². The van der Waals surface area contributed by atoms with Crippen LogP contribution in [0, 0.1) is 5.92 Å². The van der Waals surface area contributed by atoms with Crippen LogP contribution in [0.25, 0.3) is 10.9 Å². The number of nitrogens with zero attached hydrogens (tertiary/aromatic N) is 2. The first-order valence-electron chi connectivity index (χ1n) is 8.97. The number of fused-ring (bicyclic) bond motifs is 1. The Labute approximate surface area is 177 Å². The molecule has 7 heteroatoms. The average Bonchev–Trinajstić information content (AvgIpc) is 2.65. The van der Waals surface area contributed by atoms with Gasteiger partial charge in [-0.1, -0.05) is 48.8 Å². The van der Waals surface area contributed by atoms with Gasteiger partial charge in [0.05, 0.1) is 16.7 Å². The van der Waals surface area contributed by atoms with E-state index in [0.717, 1.165) is 6.42 Å². The van der Waals surface area contributed by atoms with Gasteiger partial charge in [-0.3, -0.25) is 14.2 Å². The molecule has 1 heterocycles. The van der Waals surface area contributed by atoms with E-state index in [2.05, 4.69) is 18.8 Å². The van der Waals surface area contributed by atoms with Gasteiger partial charge in [-0.2, -0.15) is 0 Å². The molecule has 2 aromatic carbocycles. The van der Waals surface area contributed by atoms with E-state index in [1.165, 1.54) is 11.8 Å². The predicted molar refractivity (Wildman–Crippen MR) is 117 cm³/mol. The molecule has 28 heavy (non-hydrogen) atoms. The van der Waals surface area contributed by atoms with Crippen molar-refractivity contribution in [3.63, 3.8) is 0 Å². The van der Waals surface area contributed by atoms with Crippen molar-refractivity contribution in [1.29, 1.82) is 0 Å². The molecule has 0 N–H and O–H groups in total. The van der Waals surface area contributed by atoms with Gasteiger partial charge in [-0.25, -0.2) is 4.98 Å². The number of ketones is 1. The zero-order valence-electron chi connectivity index (χ0n) is 15.6. The fourth-order valence-electron chi connectivity index (χ4n) is 2.72. The third-order valence-corrected chi connectivity index (χ3v) is 5.77. The summed E-state index contributed by atoms with van der Waals surface area (Å²) >= 11 is 13.2. The Morgan fingerprint density at radius 1 is 1.11 bits per heavy atom. The molecule has 0 aliphatic carbocycles. The molecule has 3 rings (SSSR count). The highest BCUT2D eigenvalue weighted by atomic mass is 35.5. The Kier molecular flexibility index (Phi) is 6.81. The molecule has 0 spiro atoms. The number of aromatic nitrogens is 2. The Morgan fingerprint density at radius 3 is 2.46 bits per heavy atom. The van der Waals surface area contributed by atoms with Crippen LogP contribution in [0.5, 0.6) is 0 Å². The number of thioether (sulfide) groups is 1. The lowest BCUT2D eigenvalue weighted by molar-refractivity contribution is 0.102. The molecule has 0 atom stereocenters. The molecular weight excluding hydrogens is 415 g/mol. The van der Waals surface area contributed by atoms with Crippen LogP contribution < -0.4 is 5.56 Å². The summed E-state index contributed by atoms with van der Waals surface area (Å²) in [7, 11) is 0.